The smallest absolute Gasteiger partial charge is 0.282 e. The average molecular weight is 403 g/mol. The summed E-state index contributed by atoms with van der Waals surface area (Å²) < 4.78 is 0. The zero-order valence-electron chi connectivity index (χ0n) is 17.6. The molecule has 0 aromatic heterocycles. The Bertz CT molecular complexity index is 1000. The molecule has 0 aliphatic carbocycles. The molecule has 0 heterocycles. The summed E-state index contributed by atoms with van der Waals surface area (Å²) in [5.41, 5.74) is 4.66. The van der Waals surface area contributed by atoms with E-state index >= 15 is 0 Å². The molecule has 3 aromatic carbocycles. The lowest BCUT2D eigenvalue weighted by Gasteiger charge is -2.21. The van der Waals surface area contributed by atoms with Crippen LogP contribution < -0.4 is 15.5 Å². The number of likely N-dealkylation sites (N-methyl/N-ethyl adjacent to an activating group) is 1. The van der Waals surface area contributed by atoms with Crippen LogP contribution in [0.3, 0.4) is 0 Å². The summed E-state index contributed by atoms with van der Waals surface area (Å²) in [6.07, 6.45) is 0. The van der Waals surface area contributed by atoms with Crippen molar-refractivity contribution in [2.24, 2.45) is 0 Å². The number of nitrogens with one attached hydrogen (secondary N) is 3. The van der Waals surface area contributed by atoms with Crippen LogP contribution in [-0.4, -0.2) is 31.4 Å². The van der Waals surface area contributed by atoms with Gasteiger partial charge in [-0.25, -0.2) is 0 Å². The fraction of sp³-hybridized carbons (Fsp3) is 0.200. The minimum atomic E-state index is -0.391. The van der Waals surface area contributed by atoms with Crippen LogP contribution in [0.4, 0.5) is 11.4 Å². The lowest BCUT2D eigenvalue weighted by atomic mass is 10.0. The number of quaternary nitrogens is 1. The number of hydrogen-bond donors (Lipinski definition) is 3. The van der Waals surface area contributed by atoms with E-state index < -0.39 is 6.04 Å². The molecule has 154 valence electrons. The summed E-state index contributed by atoms with van der Waals surface area (Å²) in [6.45, 7) is 4.03. The lowest BCUT2D eigenvalue weighted by Crippen LogP contribution is -3.14. The fourth-order valence-electron chi connectivity index (χ4n) is 3.17. The van der Waals surface area contributed by atoms with Gasteiger partial charge in [-0.1, -0.05) is 66.2 Å². The molecule has 2 amide bonds. The standard InChI is InChI=1S/C25H27N3O2/c1-18-13-15-21(16-14-18)26-24(29)17-28(3)19(2)25(30)27-23-12-8-7-11-22(23)20-9-5-4-6-10-20/h4-16,19H,17H2,1-3H3,(H,26,29)(H,27,30)/p+1/t19-/m0/s1. The van der Waals surface area contributed by atoms with Crippen molar-refractivity contribution in [2.75, 3.05) is 24.2 Å². The summed E-state index contributed by atoms with van der Waals surface area (Å²) in [6, 6.07) is 24.9. The molecular formula is C25H28N3O2+. The van der Waals surface area contributed by atoms with E-state index in [0.717, 1.165) is 33.0 Å². The van der Waals surface area contributed by atoms with E-state index in [1.54, 1.807) is 0 Å². The molecule has 5 heteroatoms. The van der Waals surface area contributed by atoms with E-state index in [-0.39, 0.29) is 18.4 Å². The van der Waals surface area contributed by atoms with Gasteiger partial charge in [0.05, 0.1) is 7.05 Å². The fourth-order valence-corrected chi connectivity index (χ4v) is 3.17. The van der Waals surface area contributed by atoms with Gasteiger partial charge in [0.25, 0.3) is 11.8 Å². The molecule has 0 spiro atoms. The molecule has 0 aliphatic heterocycles. The molecule has 0 bridgehead atoms. The van der Waals surface area contributed by atoms with Crippen molar-refractivity contribution in [2.45, 2.75) is 19.9 Å². The zero-order valence-corrected chi connectivity index (χ0v) is 17.6. The van der Waals surface area contributed by atoms with E-state index in [9.17, 15) is 9.59 Å². The molecular weight excluding hydrogens is 374 g/mol. The Morgan fingerprint density at radius 1 is 0.867 bits per heavy atom. The predicted octanol–water partition coefficient (Wildman–Crippen LogP) is 3.14. The second-order valence-corrected chi connectivity index (χ2v) is 7.56. The molecule has 0 fully saturated rings. The van der Waals surface area contributed by atoms with Crippen LogP contribution in [-0.2, 0) is 9.59 Å². The minimum absolute atomic E-state index is 0.124. The summed E-state index contributed by atoms with van der Waals surface area (Å²) in [7, 11) is 1.85. The molecule has 3 N–H and O–H groups in total. The van der Waals surface area contributed by atoms with Crippen molar-refractivity contribution >= 4 is 23.2 Å². The number of hydrogen-bond acceptors (Lipinski definition) is 2. The van der Waals surface area contributed by atoms with Crippen LogP contribution in [0.1, 0.15) is 12.5 Å². The van der Waals surface area contributed by atoms with Gasteiger partial charge in [0.2, 0.25) is 0 Å². The lowest BCUT2D eigenvalue weighted by molar-refractivity contribution is -0.885. The molecule has 0 aliphatic rings. The molecule has 30 heavy (non-hydrogen) atoms. The minimum Gasteiger partial charge on any atom is -0.321 e. The van der Waals surface area contributed by atoms with Gasteiger partial charge in [-0.3, -0.25) is 9.59 Å². The summed E-state index contributed by atoms with van der Waals surface area (Å²) in [4.78, 5) is 26.0. The summed E-state index contributed by atoms with van der Waals surface area (Å²) in [5, 5.41) is 5.91. The normalized spacial score (nSPS) is 12.6. The summed E-state index contributed by atoms with van der Waals surface area (Å²) in [5.74, 6) is -0.250. The van der Waals surface area contributed by atoms with Gasteiger partial charge in [0.15, 0.2) is 12.6 Å². The number of anilines is 2. The first-order valence-corrected chi connectivity index (χ1v) is 10.1. The maximum atomic E-state index is 12.9. The average Bonchev–Trinajstić information content (AvgIpc) is 2.75. The van der Waals surface area contributed by atoms with Crippen molar-refractivity contribution in [3.8, 4) is 11.1 Å². The molecule has 3 aromatic rings. The van der Waals surface area contributed by atoms with Crippen molar-refractivity contribution in [3.63, 3.8) is 0 Å². The van der Waals surface area contributed by atoms with E-state index in [4.69, 9.17) is 0 Å². The predicted molar refractivity (Wildman–Crippen MR) is 122 cm³/mol. The zero-order chi connectivity index (χ0) is 21.5. The SMILES string of the molecule is Cc1ccc(NC(=O)C[NH+](C)[C@@H](C)C(=O)Nc2ccccc2-c2ccccc2)cc1. The molecule has 0 saturated carbocycles. The quantitative estimate of drug-likeness (QED) is 0.569. The Kier molecular flexibility index (Phi) is 6.99. The molecule has 0 saturated heterocycles. The molecule has 5 nitrogen and oxygen atoms in total. The van der Waals surface area contributed by atoms with Crippen LogP contribution in [0.2, 0.25) is 0 Å². The van der Waals surface area contributed by atoms with E-state index in [1.165, 1.54) is 0 Å². The first-order chi connectivity index (χ1) is 14.4. The highest BCUT2D eigenvalue weighted by molar-refractivity contribution is 5.98. The van der Waals surface area contributed by atoms with E-state index in [1.807, 2.05) is 99.8 Å². The molecule has 0 radical (unpaired) electrons. The monoisotopic (exact) mass is 402 g/mol. The van der Waals surface area contributed by atoms with Crippen LogP contribution in [0.15, 0.2) is 78.9 Å². The number of rotatable bonds is 7. The third-order valence-electron chi connectivity index (χ3n) is 5.18. The Morgan fingerprint density at radius 2 is 1.50 bits per heavy atom. The summed E-state index contributed by atoms with van der Waals surface area (Å²) >= 11 is 0. The number of para-hydroxylation sites is 1. The van der Waals surface area contributed by atoms with E-state index in [0.29, 0.717) is 0 Å². The van der Waals surface area contributed by atoms with Crippen molar-refractivity contribution in [1.29, 1.82) is 0 Å². The second-order valence-electron chi connectivity index (χ2n) is 7.56. The van der Waals surface area contributed by atoms with Crippen LogP contribution >= 0.6 is 0 Å². The van der Waals surface area contributed by atoms with Crippen molar-refractivity contribution in [3.05, 3.63) is 84.4 Å². The maximum absolute atomic E-state index is 12.9. The van der Waals surface area contributed by atoms with Crippen LogP contribution in [0, 0.1) is 6.92 Å². The highest BCUT2D eigenvalue weighted by Gasteiger charge is 2.24. The molecule has 2 atom stereocenters. The van der Waals surface area contributed by atoms with Gasteiger partial charge in [-0.2, -0.15) is 0 Å². The van der Waals surface area contributed by atoms with Gasteiger partial charge in [-0.05, 0) is 37.6 Å². The largest absolute Gasteiger partial charge is 0.321 e. The Morgan fingerprint density at radius 3 is 2.20 bits per heavy atom. The highest BCUT2D eigenvalue weighted by atomic mass is 16.2. The van der Waals surface area contributed by atoms with Gasteiger partial charge < -0.3 is 15.5 Å². The molecule has 3 rings (SSSR count). The first kappa shape index (κ1) is 21.3. The molecule has 1 unspecified atom stereocenters. The van der Waals surface area contributed by atoms with Crippen molar-refractivity contribution < 1.29 is 14.5 Å². The first-order valence-electron chi connectivity index (χ1n) is 10.1. The highest BCUT2D eigenvalue weighted by Crippen LogP contribution is 2.27. The van der Waals surface area contributed by atoms with Crippen LogP contribution in [0.5, 0.6) is 0 Å². The third kappa shape index (κ3) is 5.55. The van der Waals surface area contributed by atoms with Crippen molar-refractivity contribution in [1.82, 2.24) is 0 Å². The Hall–Kier alpha value is -3.44. The maximum Gasteiger partial charge on any atom is 0.282 e. The number of amides is 2. The van der Waals surface area contributed by atoms with Gasteiger partial charge in [0, 0.05) is 16.9 Å². The van der Waals surface area contributed by atoms with Gasteiger partial charge in [-0.15, -0.1) is 0 Å². The Balaban J connectivity index is 1.62. The number of carbonyl (C=O) groups is 2. The second kappa shape index (κ2) is 9.85. The topological polar surface area (TPSA) is 62.6 Å². The van der Waals surface area contributed by atoms with Crippen LogP contribution in [0.25, 0.3) is 11.1 Å². The Labute approximate surface area is 177 Å². The third-order valence-corrected chi connectivity index (χ3v) is 5.18. The number of aryl methyl sites for hydroxylation is 1. The van der Waals surface area contributed by atoms with E-state index in [2.05, 4.69) is 10.6 Å². The number of benzene rings is 3. The van der Waals surface area contributed by atoms with Gasteiger partial charge in [0.1, 0.15) is 0 Å². The van der Waals surface area contributed by atoms with Gasteiger partial charge >= 0.3 is 0 Å². The number of carbonyl (C=O) groups excluding carboxylic acids is 2.